The van der Waals surface area contributed by atoms with E-state index in [0.29, 0.717) is 12.4 Å². The van der Waals surface area contributed by atoms with Gasteiger partial charge in [-0.2, -0.15) is 0 Å². The molecule has 6 heteroatoms. The highest BCUT2D eigenvalue weighted by molar-refractivity contribution is 5.57. The van der Waals surface area contributed by atoms with Crippen molar-refractivity contribution < 1.29 is 4.92 Å². The summed E-state index contributed by atoms with van der Waals surface area (Å²) in [5, 5.41) is 13.4. The van der Waals surface area contributed by atoms with E-state index in [1.54, 1.807) is 6.08 Å². The number of hydrogen-bond donors (Lipinski definition) is 2. The largest absolute Gasteiger partial charge is 0.378 e. The zero-order valence-electron chi connectivity index (χ0n) is 8.14. The standard InChI is InChI=1S/C9H12N4O2/c1-2-3-6-11-8-5-4-7(13(14)15)9(10)12-8/h2,4-5H,1,3,6H2,(H3,10,11,12). The Hall–Kier alpha value is -2.11. The smallest absolute Gasteiger partial charge is 0.311 e. The minimum atomic E-state index is -0.560. The van der Waals surface area contributed by atoms with Gasteiger partial charge in [-0.3, -0.25) is 10.1 Å². The molecular formula is C9H12N4O2. The summed E-state index contributed by atoms with van der Waals surface area (Å²) >= 11 is 0. The highest BCUT2D eigenvalue weighted by Gasteiger charge is 2.12. The predicted octanol–water partition coefficient (Wildman–Crippen LogP) is 1.56. The van der Waals surface area contributed by atoms with Crippen LogP contribution in [0.5, 0.6) is 0 Å². The van der Waals surface area contributed by atoms with Crippen molar-refractivity contribution in [3.8, 4) is 0 Å². The Labute approximate surface area is 87.0 Å². The Morgan fingerprint density at radius 1 is 1.67 bits per heavy atom. The summed E-state index contributed by atoms with van der Waals surface area (Å²) in [6.07, 6.45) is 2.56. The van der Waals surface area contributed by atoms with Crippen LogP contribution in [0.15, 0.2) is 24.8 Å². The number of hydrogen-bond acceptors (Lipinski definition) is 5. The molecule has 1 heterocycles. The van der Waals surface area contributed by atoms with Gasteiger partial charge in [0.1, 0.15) is 5.82 Å². The Morgan fingerprint density at radius 2 is 2.40 bits per heavy atom. The second-order valence-corrected chi connectivity index (χ2v) is 2.86. The molecule has 15 heavy (non-hydrogen) atoms. The third-order valence-electron chi connectivity index (χ3n) is 1.75. The van der Waals surface area contributed by atoms with Crippen molar-refractivity contribution in [3.63, 3.8) is 0 Å². The van der Waals surface area contributed by atoms with E-state index < -0.39 is 4.92 Å². The number of nitrogens with two attached hydrogens (primary N) is 1. The van der Waals surface area contributed by atoms with Crippen molar-refractivity contribution in [1.82, 2.24) is 4.98 Å². The van der Waals surface area contributed by atoms with E-state index in [4.69, 9.17) is 5.73 Å². The lowest BCUT2D eigenvalue weighted by Gasteiger charge is -2.04. The van der Waals surface area contributed by atoms with E-state index >= 15 is 0 Å². The van der Waals surface area contributed by atoms with Gasteiger partial charge in [0.15, 0.2) is 0 Å². The summed E-state index contributed by atoms with van der Waals surface area (Å²) < 4.78 is 0. The lowest BCUT2D eigenvalue weighted by atomic mass is 10.3. The zero-order valence-corrected chi connectivity index (χ0v) is 8.14. The number of nitrogen functional groups attached to an aromatic ring is 1. The number of aromatic nitrogens is 1. The molecule has 0 aliphatic heterocycles. The molecule has 3 N–H and O–H groups in total. The molecule has 1 aromatic rings. The predicted molar refractivity (Wildman–Crippen MR) is 58.6 cm³/mol. The lowest BCUT2D eigenvalue weighted by molar-refractivity contribution is -0.384. The first-order valence-corrected chi connectivity index (χ1v) is 4.41. The van der Waals surface area contributed by atoms with E-state index in [1.165, 1.54) is 12.1 Å². The highest BCUT2D eigenvalue weighted by atomic mass is 16.6. The second kappa shape index (κ2) is 4.94. The van der Waals surface area contributed by atoms with E-state index in [1.807, 2.05) is 0 Å². The minimum absolute atomic E-state index is 0.0800. The fraction of sp³-hybridized carbons (Fsp3) is 0.222. The molecule has 0 atom stereocenters. The summed E-state index contributed by atoms with van der Waals surface area (Å²) in [6.45, 7) is 4.25. The number of anilines is 2. The van der Waals surface area contributed by atoms with E-state index in [2.05, 4.69) is 16.9 Å². The maximum absolute atomic E-state index is 10.4. The van der Waals surface area contributed by atoms with E-state index in [-0.39, 0.29) is 11.5 Å². The molecule has 0 saturated heterocycles. The monoisotopic (exact) mass is 208 g/mol. The van der Waals surface area contributed by atoms with E-state index in [9.17, 15) is 10.1 Å². The van der Waals surface area contributed by atoms with Crippen molar-refractivity contribution in [3.05, 3.63) is 34.9 Å². The van der Waals surface area contributed by atoms with Gasteiger partial charge in [-0.15, -0.1) is 6.58 Å². The van der Waals surface area contributed by atoms with Crippen LogP contribution >= 0.6 is 0 Å². The quantitative estimate of drug-likeness (QED) is 0.331. The van der Waals surface area contributed by atoms with Crippen LogP contribution in [0, 0.1) is 10.1 Å². The van der Waals surface area contributed by atoms with Crippen LogP contribution in [0.3, 0.4) is 0 Å². The van der Waals surface area contributed by atoms with Crippen LogP contribution in [0.4, 0.5) is 17.3 Å². The Bertz CT molecular complexity index is 378. The van der Waals surface area contributed by atoms with Crippen molar-refractivity contribution in [1.29, 1.82) is 0 Å². The van der Waals surface area contributed by atoms with Gasteiger partial charge in [0.25, 0.3) is 0 Å². The van der Waals surface area contributed by atoms with Crippen LogP contribution in [-0.2, 0) is 0 Å². The molecule has 0 amide bonds. The molecule has 0 spiro atoms. The highest BCUT2D eigenvalue weighted by Crippen LogP contribution is 2.20. The zero-order chi connectivity index (χ0) is 11.3. The van der Waals surface area contributed by atoms with Crippen LogP contribution < -0.4 is 11.1 Å². The molecule has 0 aliphatic carbocycles. The van der Waals surface area contributed by atoms with Crippen LogP contribution in [0.25, 0.3) is 0 Å². The van der Waals surface area contributed by atoms with Crippen molar-refractivity contribution >= 4 is 17.3 Å². The van der Waals surface area contributed by atoms with Gasteiger partial charge in [-0.1, -0.05) is 6.08 Å². The maximum Gasteiger partial charge on any atom is 0.311 e. The number of nitrogens with one attached hydrogen (secondary N) is 1. The summed E-state index contributed by atoms with van der Waals surface area (Å²) in [5.41, 5.74) is 5.24. The summed E-state index contributed by atoms with van der Waals surface area (Å²) in [6, 6.07) is 2.86. The van der Waals surface area contributed by atoms with Gasteiger partial charge in [-0.25, -0.2) is 4.98 Å². The molecule has 0 bridgehead atoms. The average molecular weight is 208 g/mol. The first kappa shape index (κ1) is 11.0. The van der Waals surface area contributed by atoms with E-state index in [0.717, 1.165) is 6.42 Å². The van der Waals surface area contributed by atoms with Crippen molar-refractivity contribution in [2.24, 2.45) is 0 Å². The maximum atomic E-state index is 10.4. The summed E-state index contributed by atoms with van der Waals surface area (Å²) in [7, 11) is 0. The average Bonchev–Trinajstić information content (AvgIpc) is 2.17. The number of nitro groups is 1. The van der Waals surface area contributed by atoms with Gasteiger partial charge in [-0.05, 0) is 12.5 Å². The van der Waals surface area contributed by atoms with Gasteiger partial charge in [0.05, 0.1) is 4.92 Å². The SMILES string of the molecule is C=CCCNc1ccc([N+](=O)[O-])c(N)n1. The first-order chi connectivity index (χ1) is 7.15. The molecule has 1 aromatic heterocycles. The minimum Gasteiger partial charge on any atom is -0.378 e. The molecule has 0 aliphatic rings. The lowest BCUT2D eigenvalue weighted by Crippen LogP contribution is -2.05. The van der Waals surface area contributed by atoms with Gasteiger partial charge in [0.2, 0.25) is 5.82 Å². The number of nitrogens with zero attached hydrogens (tertiary/aromatic N) is 2. The Morgan fingerprint density at radius 3 is 2.93 bits per heavy atom. The van der Waals surface area contributed by atoms with Crippen molar-refractivity contribution in [2.75, 3.05) is 17.6 Å². The van der Waals surface area contributed by atoms with Crippen LogP contribution in [0.2, 0.25) is 0 Å². The molecule has 1 rings (SSSR count). The normalized spacial score (nSPS) is 9.60. The second-order valence-electron chi connectivity index (χ2n) is 2.86. The summed E-state index contributed by atoms with van der Waals surface area (Å²) in [5.74, 6) is 0.448. The molecule has 0 fully saturated rings. The first-order valence-electron chi connectivity index (χ1n) is 4.41. The molecule has 0 unspecified atom stereocenters. The summed E-state index contributed by atoms with van der Waals surface area (Å²) in [4.78, 5) is 13.7. The molecule has 0 radical (unpaired) electrons. The molecule has 80 valence electrons. The molecule has 0 saturated carbocycles. The third-order valence-corrected chi connectivity index (χ3v) is 1.75. The number of rotatable bonds is 5. The fourth-order valence-electron chi connectivity index (χ4n) is 1.02. The van der Waals surface area contributed by atoms with Gasteiger partial charge in [0, 0.05) is 12.6 Å². The van der Waals surface area contributed by atoms with Crippen molar-refractivity contribution in [2.45, 2.75) is 6.42 Å². The molecule has 0 aromatic carbocycles. The van der Waals surface area contributed by atoms with Gasteiger partial charge >= 0.3 is 5.69 Å². The number of pyridine rings is 1. The Kier molecular flexibility index (Phi) is 3.61. The fourth-order valence-corrected chi connectivity index (χ4v) is 1.02. The molecule has 6 nitrogen and oxygen atoms in total. The Balaban J connectivity index is 2.73. The topological polar surface area (TPSA) is 94.1 Å². The van der Waals surface area contributed by atoms with Gasteiger partial charge < -0.3 is 11.1 Å². The van der Waals surface area contributed by atoms with Crippen LogP contribution in [-0.4, -0.2) is 16.5 Å². The van der Waals surface area contributed by atoms with Crippen LogP contribution in [0.1, 0.15) is 6.42 Å². The molecular weight excluding hydrogens is 196 g/mol. The third kappa shape index (κ3) is 2.94.